The Hall–Kier alpha value is -0.150. The van der Waals surface area contributed by atoms with Gasteiger partial charge in [-0.1, -0.05) is 83.8 Å². The topological polar surface area (TPSA) is 66.8 Å². The maximum absolute atomic E-state index is 10.8. The number of allylic oxidation sites excluding steroid dienone is 2. The molecule has 0 saturated carbocycles. The molecule has 0 aliphatic carbocycles. The first-order valence-corrected chi connectivity index (χ1v) is 11.9. The van der Waals surface area contributed by atoms with Gasteiger partial charge < -0.3 is 9.79 Å². The normalized spacial score (nSPS) is 13.6. The van der Waals surface area contributed by atoms with Crippen molar-refractivity contribution >= 4 is 7.82 Å². The molecular weight excluding hydrogens is 335 g/mol. The fourth-order valence-corrected chi connectivity index (χ4v) is 3.61. The first kappa shape index (κ1) is 24.8. The van der Waals surface area contributed by atoms with Gasteiger partial charge in [0, 0.05) is 0 Å². The van der Waals surface area contributed by atoms with Gasteiger partial charge in [0.1, 0.15) is 0 Å². The third kappa shape index (κ3) is 20.0. The summed E-state index contributed by atoms with van der Waals surface area (Å²) in [6.07, 6.45) is 22.1. The molecule has 0 aliphatic heterocycles. The highest BCUT2D eigenvalue weighted by Gasteiger charge is 2.20. The van der Waals surface area contributed by atoms with Crippen molar-refractivity contribution in [3.8, 4) is 0 Å². The Labute approximate surface area is 155 Å². The van der Waals surface area contributed by atoms with Crippen molar-refractivity contribution < 1.29 is 18.9 Å². The molecule has 0 spiro atoms. The van der Waals surface area contributed by atoms with E-state index in [9.17, 15) is 4.57 Å². The van der Waals surface area contributed by atoms with Gasteiger partial charge in [-0.15, -0.1) is 0 Å². The van der Waals surface area contributed by atoms with Crippen LogP contribution < -0.4 is 0 Å². The standard InChI is InChI=1S/C20H41O4P/c1-3-5-6-7-8-9-10-11-12-13-14-15-16-17-18-19-20(4-2)24-25(21,22)23/h11-12,20H,3-10,13-19H2,1-2H3,(H2,21,22,23)/b12-11-. The lowest BCUT2D eigenvalue weighted by Crippen LogP contribution is -2.09. The smallest absolute Gasteiger partial charge is 0.303 e. The Bertz CT molecular complexity index is 352. The largest absolute Gasteiger partial charge is 0.469 e. The number of phosphoric ester groups is 1. The van der Waals surface area contributed by atoms with E-state index >= 15 is 0 Å². The zero-order valence-electron chi connectivity index (χ0n) is 16.5. The maximum Gasteiger partial charge on any atom is 0.469 e. The van der Waals surface area contributed by atoms with Crippen LogP contribution in [-0.4, -0.2) is 15.9 Å². The number of phosphoric acid groups is 1. The molecule has 0 radical (unpaired) electrons. The molecule has 0 saturated heterocycles. The van der Waals surface area contributed by atoms with Gasteiger partial charge in [-0.25, -0.2) is 4.57 Å². The summed E-state index contributed by atoms with van der Waals surface area (Å²) >= 11 is 0. The zero-order chi connectivity index (χ0) is 18.8. The Morgan fingerprint density at radius 2 is 1.28 bits per heavy atom. The Morgan fingerprint density at radius 1 is 0.800 bits per heavy atom. The Balaban J connectivity index is 3.35. The Kier molecular flexibility index (Phi) is 17.2. The number of rotatable bonds is 18. The maximum atomic E-state index is 10.8. The van der Waals surface area contributed by atoms with Crippen LogP contribution in [0.3, 0.4) is 0 Å². The number of hydrogen-bond acceptors (Lipinski definition) is 2. The molecule has 0 aliphatic rings. The first-order valence-electron chi connectivity index (χ1n) is 10.4. The van der Waals surface area contributed by atoms with Crippen LogP contribution in [0.2, 0.25) is 0 Å². The molecule has 0 amide bonds. The predicted molar refractivity (Wildman–Crippen MR) is 107 cm³/mol. The van der Waals surface area contributed by atoms with Crippen molar-refractivity contribution in [2.75, 3.05) is 0 Å². The SMILES string of the molecule is CCCCCCCC/C=C\CCCCCCCC(CC)OP(=O)(O)O. The van der Waals surface area contributed by atoms with E-state index in [1.54, 1.807) is 0 Å². The summed E-state index contributed by atoms with van der Waals surface area (Å²) in [7, 11) is -4.34. The van der Waals surface area contributed by atoms with Crippen LogP contribution in [0, 0.1) is 0 Å². The molecule has 0 aromatic heterocycles. The molecule has 0 fully saturated rings. The summed E-state index contributed by atoms with van der Waals surface area (Å²) in [5.41, 5.74) is 0. The minimum absolute atomic E-state index is 0.314. The van der Waals surface area contributed by atoms with Crippen LogP contribution in [0.4, 0.5) is 0 Å². The molecule has 5 heteroatoms. The van der Waals surface area contributed by atoms with E-state index in [2.05, 4.69) is 19.1 Å². The molecule has 1 atom stereocenters. The van der Waals surface area contributed by atoms with Crippen LogP contribution in [-0.2, 0) is 9.09 Å². The van der Waals surface area contributed by atoms with Gasteiger partial charge in [-0.05, 0) is 38.5 Å². The molecule has 2 N–H and O–H groups in total. The second kappa shape index (κ2) is 17.3. The lowest BCUT2D eigenvalue weighted by atomic mass is 10.1. The van der Waals surface area contributed by atoms with Gasteiger partial charge in [-0.3, -0.25) is 4.52 Å². The highest BCUT2D eigenvalue weighted by Crippen LogP contribution is 2.39. The minimum Gasteiger partial charge on any atom is -0.303 e. The molecular formula is C20H41O4P. The average Bonchev–Trinajstić information content (AvgIpc) is 2.56. The average molecular weight is 377 g/mol. The summed E-state index contributed by atoms with van der Waals surface area (Å²) < 4.78 is 15.6. The highest BCUT2D eigenvalue weighted by molar-refractivity contribution is 7.46. The van der Waals surface area contributed by atoms with Crippen molar-refractivity contribution in [2.24, 2.45) is 0 Å². The predicted octanol–water partition coefficient (Wildman–Crippen LogP) is 6.91. The third-order valence-electron chi connectivity index (χ3n) is 4.53. The molecule has 25 heavy (non-hydrogen) atoms. The lowest BCUT2D eigenvalue weighted by molar-refractivity contribution is 0.121. The van der Waals surface area contributed by atoms with Crippen LogP contribution >= 0.6 is 7.82 Å². The van der Waals surface area contributed by atoms with Crippen molar-refractivity contribution in [3.63, 3.8) is 0 Å². The molecule has 0 heterocycles. The van der Waals surface area contributed by atoms with Crippen molar-refractivity contribution in [1.82, 2.24) is 0 Å². The number of hydrogen-bond donors (Lipinski definition) is 2. The van der Waals surface area contributed by atoms with Gasteiger partial charge in [0.15, 0.2) is 0 Å². The van der Waals surface area contributed by atoms with E-state index in [-0.39, 0.29) is 6.10 Å². The second-order valence-corrected chi connectivity index (χ2v) is 8.19. The summed E-state index contributed by atoms with van der Waals surface area (Å²) in [4.78, 5) is 17.7. The molecule has 0 rings (SSSR count). The Morgan fingerprint density at radius 3 is 1.76 bits per heavy atom. The van der Waals surface area contributed by atoms with Gasteiger partial charge in [0.05, 0.1) is 6.10 Å². The second-order valence-electron chi connectivity index (χ2n) is 7.00. The van der Waals surface area contributed by atoms with Crippen LogP contribution in [0.25, 0.3) is 0 Å². The molecule has 0 aromatic carbocycles. The molecule has 0 aromatic rings. The van der Waals surface area contributed by atoms with Gasteiger partial charge in [-0.2, -0.15) is 0 Å². The first-order chi connectivity index (χ1) is 12.0. The van der Waals surface area contributed by atoms with E-state index in [0.717, 1.165) is 19.3 Å². The molecule has 0 bridgehead atoms. The molecule has 4 nitrogen and oxygen atoms in total. The summed E-state index contributed by atoms with van der Waals surface area (Å²) in [6, 6.07) is 0. The van der Waals surface area contributed by atoms with E-state index in [0.29, 0.717) is 6.42 Å². The summed E-state index contributed by atoms with van der Waals surface area (Å²) in [5, 5.41) is 0. The minimum atomic E-state index is -4.34. The highest BCUT2D eigenvalue weighted by atomic mass is 31.2. The van der Waals surface area contributed by atoms with Gasteiger partial charge in [0.2, 0.25) is 0 Å². The fourth-order valence-electron chi connectivity index (χ4n) is 2.97. The quantitative estimate of drug-likeness (QED) is 0.155. The zero-order valence-corrected chi connectivity index (χ0v) is 17.4. The third-order valence-corrected chi connectivity index (χ3v) is 5.10. The molecule has 150 valence electrons. The number of unbranched alkanes of at least 4 members (excludes halogenated alkanes) is 11. The van der Waals surface area contributed by atoms with Crippen molar-refractivity contribution in [1.29, 1.82) is 0 Å². The van der Waals surface area contributed by atoms with Crippen molar-refractivity contribution in [2.45, 2.75) is 116 Å². The lowest BCUT2D eigenvalue weighted by Gasteiger charge is -2.16. The monoisotopic (exact) mass is 376 g/mol. The van der Waals surface area contributed by atoms with E-state index in [4.69, 9.17) is 14.3 Å². The molecule has 1 unspecified atom stereocenters. The van der Waals surface area contributed by atoms with Crippen LogP contribution in [0.15, 0.2) is 12.2 Å². The summed E-state index contributed by atoms with van der Waals surface area (Å²) in [6.45, 7) is 4.16. The van der Waals surface area contributed by atoms with Crippen molar-refractivity contribution in [3.05, 3.63) is 12.2 Å². The van der Waals surface area contributed by atoms with Gasteiger partial charge in [0.25, 0.3) is 0 Å². The van der Waals surface area contributed by atoms with Crippen LogP contribution in [0.5, 0.6) is 0 Å². The van der Waals surface area contributed by atoms with E-state index in [1.807, 2.05) is 6.92 Å². The van der Waals surface area contributed by atoms with Gasteiger partial charge >= 0.3 is 7.82 Å². The summed E-state index contributed by atoms with van der Waals surface area (Å²) in [5.74, 6) is 0. The van der Waals surface area contributed by atoms with Crippen LogP contribution in [0.1, 0.15) is 110 Å². The fraction of sp³-hybridized carbons (Fsp3) is 0.900. The van der Waals surface area contributed by atoms with E-state index in [1.165, 1.54) is 70.6 Å². The van der Waals surface area contributed by atoms with E-state index < -0.39 is 7.82 Å².